The number of carbonyl (C=O) groups is 2. The highest BCUT2D eigenvalue weighted by molar-refractivity contribution is 5.98. The maximum atomic E-state index is 14.1. The summed E-state index contributed by atoms with van der Waals surface area (Å²) in [6.45, 7) is 10.3. The number of aliphatic hydroxyl groups is 1. The van der Waals surface area contributed by atoms with Crippen LogP contribution in [0.5, 0.6) is 5.75 Å². The van der Waals surface area contributed by atoms with Crippen LogP contribution in [0.3, 0.4) is 0 Å². The van der Waals surface area contributed by atoms with E-state index in [9.17, 15) is 14.7 Å². The Morgan fingerprint density at radius 2 is 1.95 bits per heavy atom. The number of fused-ring (bicyclic) bond motifs is 1. The number of nitrogens with zero attached hydrogens (tertiary/aromatic N) is 4. The number of urea groups is 1. The molecule has 0 bridgehead atoms. The number of aromatic nitrogens is 1. The molecule has 11 nitrogen and oxygen atoms in total. The third-order valence-electron chi connectivity index (χ3n) is 7.62. The van der Waals surface area contributed by atoms with Gasteiger partial charge in [-0.2, -0.15) is 0 Å². The Morgan fingerprint density at radius 1 is 1.22 bits per heavy atom. The van der Waals surface area contributed by atoms with Crippen LogP contribution in [-0.2, 0) is 4.74 Å². The Bertz CT molecular complexity index is 1150. The van der Waals surface area contributed by atoms with Gasteiger partial charge >= 0.3 is 6.03 Å². The van der Waals surface area contributed by atoms with Crippen molar-refractivity contribution in [2.75, 3.05) is 57.7 Å². The number of likely N-dealkylation sites (N-methyl/N-ethyl adjacent to an activating group) is 1. The molecule has 1 aliphatic heterocycles. The molecule has 0 spiro atoms. The van der Waals surface area contributed by atoms with E-state index >= 15 is 0 Å². The Labute approximate surface area is 243 Å². The minimum atomic E-state index is -0.438. The third kappa shape index (κ3) is 8.36. The topological polar surface area (TPSA) is 121 Å². The van der Waals surface area contributed by atoms with E-state index in [4.69, 9.17) is 14.0 Å². The van der Waals surface area contributed by atoms with Gasteiger partial charge in [-0.3, -0.25) is 4.79 Å². The summed E-state index contributed by atoms with van der Waals surface area (Å²) in [6.07, 6.45) is 2.11. The molecule has 0 radical (unpaired) electrons. The molecule has 4 atom stereocenters. The Balaban J connectivity index is 1.89. The lowest BCUT2D eigenvalue weighted by atomic mass is 10.0. The molecule has 2 aromatic rings. The molecule has 11 heteroatoms. The Hall–Kier alpha value is -3.31. The predicted octanol–water partition coefficient (Wildman–Crippen LogP) is 4.32. The Kier molecular flexibility index (Phi) is 11.4. The summed E-state index contributed by atoms with van der Waals surface area (Å²) in [5.41, 5.74) is 2.50. The van der Waals surface area contributed by atoms with Crippen LogP contribution in [0.15, 0.2) is 22.7 Å². The summed E-state index contributed by atoms with van der Waals surface area (Å²) in [7, 11) is 5.57. The number of hydrogen-bond acceptors (Lipinski definition) is 8. The number of ether oxygens (including phenoxy) is 2. The second kappa shape index (κ2) is 14.5. The molecule has 0 aliphatic carbocycles. The fourth-order valence-corrected chi connectivity index (χ4v) is 4.87. The van der Waals surface area contributed by atoms with E-state index < -0.39 is 6.04 Å². The summed E-state index contributed by atoms with van der Waals surface area (Å²) in [5, 5.41) is 16.9. The van der Waals surface area contributed by atoms with Crippen molar-refractivity contribution in [1.82, 2.24) is 15.0 Å². The van der Waals surface area contributed by atoms with Crippen LogP contribution in [0.1, 0.15) is 61.8 Å². The molecule has 1 aliphatic rings. The van der Waals surface area contributed by atoms with Gasteiger partial charge in [-0.15, -0.1) is 0 Å². The molecule has 3 rings (SSSR count). The molecule has 1 aromatic heterocycles. The largest absolute Gasteiger partial charge is 0.490 e. The molecule has 0 saturated heterocycles. The van der Waals surface area contributed by atoms with Gasteiger partial charge in [-0.1, -0.05) is 12.1 Å². The zero-order valence-electron chi connectivity index (χ0n) is 25.8. The van der Waals surface area contributed by atoms with Crippen LogP contribution in [-0.4, -0.2) is 97.7 Å². The standard InChI is InChI=1S/C30H47N5O6/c1-19-16-35(20(2)18-36)29(37)25-15-24(33(6)7)12-13-26(25)40-21(3)11-9-10-14-39-27(19)17-34(8)30(38)31-28-22(4)32-41-23(28)5/h12-13,15,19-21,27,36H,9-11,14,16-18H2,1-8H3,(H,31,38)/t19-,20-,21-,27-/m1/s1. The third-order valence-corrected chi connectivity index (χ3v) is 7.62. The van der Waals surface area contributed by atoms with Crippen molar-refractivity contribution in [2.24, 2.45) is 5.92 Å². The number of hydrogen-bond donors (Lipinski definition) is 2. The van der Waals surface area contributed by atoms with Gasteiger partial charge in [0, 0.05) is 52.4 Å². The van der Waals surface area contributed by atoms with E-state index in [1.165, 1.54) is 0 Å². The minimum absolute atomic E-state index is 0.0905. The van der Waals surface area contributed by atoms with E-state index in [1.54, 1.807) is 30.7 Å². The van der Waals surface area contributed by atoms with E-state index in [1.807, 2.05) is 58.0 Å². The molecule has 2 heterocycles. The molecule has 228 valence electrons. The van der Waals surface area contributed by atoms with Gasteiger partial charge in [0.1, 0.15) is 17.1 Å². The number of carbonyl (C=O) groups excluding carboxylic acids is 2. The summed E-state index contributed by atoms with van der Waals surface area (Å²) < 4.78 is 17.8. The van der Waals surface area contributed by atoms with Crippen molar-refractivity contribution in [1.29, 1.82) is 0 Å². The minimum Gasteiger partial charge on any atom is -0.490 e. The molecular weight excluding hydrogens is 526 g/mol. The maximum Gasteiger partial charge on any atom is 0.321 e. The molecule has 41 heavy (non-hydrogen) atoms. The van der Waals surface area contributed by atoms with Crippen molar-refractivity contribution in [3.8, 4) is 5.75 Å². The highest BCUT2D eigenvalue weighted by Crippen LogP contribution is 2.29. The first-order valence-corrected chi connectivity index (χ1v) is 14.4. The first kappa shape index (κ1) is 32.2. The van der Waals surface area contributed by atoms with Crippen LogP contribution in [0.25, 0.3) is 0 Å². The van der Waals surface area contributed by atoms with Crippen molar-refractivity contribution >= 4 is 23.3 Å². The lowest BCUT2D eigenvalue weighted by molar-refractivity contribution is -0.0115. The van der Waals surface area contributed by atoms with Crippen molar-refractivity contribution in [3.05, 3.63) is 35.2 Å². The van der Waals surface area contributed by atoms with Gasteiger partial charge in [0.2, 0.25) is 0 Å². The number of nitrogens with one attached hydrogen (secondary N) is 1. The van der Waals surface area contributed by atoms with E-state index in [2.05, 4.69) is 10.5 Å². The van der Waals surface area contributed by atoms with Gasteiger partial charge in [0.05, 0.1) is 30.4 Å². The number of rotatable bonds is 6. The normalized spacial score (nSPS) is 21.3. The summed E-state index contributed by atoms with van der Waals surface area (Å²) in [5.74, 6) is 0.710. The van der Waals surface area contributed by atoms with Crippen LogP contribution in [0.2, 0.25) is 0 Å². The molecule has 2 N–H and O–H groups in total. The summed E-state index contributed by atoms with van der Waals surface area (Å²) >= 11 is 0. The number of anilines is 2. The fourth-order valence-electron chi connectivity index (χ4n) is 4.87. The molecule has 0 fully saturated rings. The van der Waals surface area contributed by atoms with Crippen LogP contribution >= 0.6 is 0 Å². The van der Waals surface area contributed by atoms with E-state index in [-0.39, 0.29) is 36.7 Å². The van der Waals surface area contributed by atoms with Crippen LogP contribution in [0, 0.1) is 19.8 Å². The Morgan fingerprint density at radius 3 is 2.59 bits per heavy atom. The monoisotopic (exact) mass is 573 g/mol. The zero-order chi connectivity index (χ0) is 30.3. The van der Waals surface area contributed by atoms with Gasteiger partial charge in [-0.05, 0) is 65.2 Å². The first-order chi connectivity index (χ1) is 19.4. The lowest BCUT2D eigenvalue weighted by Crippen LogP contribution is -2.48. The van der Waals surface area contributed by atoms with Crippen LogP contribution < -0.4 is 15.0 Å². The molecular formula is C30H47N5O6. The highest BCUT2D eigenvalue weighted by Gasteiger charge is 2.31. The van der Waals surface area contributed by atoms with Gasteiger partial charge in [0.15, 0.2) is 5.76 Å². The SMILES string of the molecule is Cc1noc(C)c1NC(=O)N(C)C[C@H]1OCCCC[C@@H](C)Oc2ccc(N(C)C)cc2C(=O)N([C@H](C)CO)C[C@H]1C. The fraction of sp³-hybridized carbons (Fsp3) is 0.633. The molecule has 3 amide bonds. The number of amides is 3. The number of aliphatic hydroxyl groups excluding tert-OH is 1. The predicted molar refractivity (Wildman–Crippen MR) is 159 cm³/mol. The molecule has 0 saturated carbocycles. The number of benzene rings is 1. The molecule has 1 aromatic carbocycles. The summed E-state index contributed by atoms with van der Waals surface area (Å²) in [6, 6.07) is 4.90. The summed E-state index contributed by atoms with van der Waals surface area (Å²) in [4.78, 5) is 32.4. The smallest absolute Gasteiger partial charge is 0.321 e. The van der Waals surface area contributed by atoms with E-state index in [0.29, 0.717) is 48.2 Å². The quantitative estimate of drug-likeness (QED) is 0.524. The average molecular weight is 574 g/mol. The lowest BCUT2D eigenvalue weighted by Gasteiger charge is -2.36. The van der Waals surface area contributed by atoms with Crippen molar-refractivity contribution in [2.45, 2.75) is 72.1 Å². The van der Waals surface area contributed by atoms with E-state index in [0.717, 1.165) is 24.9 Å². The number of aryl methyl sites for hydroxylation is 2. The second-order valence-electron chi connectivity index (χ2n) is 11.4. The maximum absolute atomic E-state index is 14.1. The first-order valence-electron chi connectivity index (χ1n) is 14.4. The zero-order valence-corrected chi connectivity index (χ0v) is 25.8. The highest BCUT2D eigenvalue weighted by atomic mass is 16.5. The van der Waals surface area contributed by atoms with Gasteiger partial charge < -0.3 is 39.1 Å². The van der Waals surface area contributed by atoms with Crippen molar-refractivity contribution in [3.63, 3.8) is 0 Å². The van der Waals surface area contributed by atoms with Crippen LogP contribution in [0.4, 0.5) is 16.2 Å². The average Bonchev–Trinajstić information content (AvgIpc) is 3.25. The van der Waals surface area contributed by atoms with Gasteiger partial charge in [-0.25, -0.2) is 4.79 Å². The van der Waals surface area contributed by atoms with Crippen molar-refractivity contribution < 1.29 is 28.7 Å². The second-order valence-corrected chi connectivity index (χ2v) is 11.4. The molecule has 0 unspecified atom stereocenters. The van der Waals surface area contributed by atoms with Gasteiger partial charge in [0.25, 0.3) is 5.91 Å².